The summed E-state index contributed by atoms with van der Waals surface area (Å²) in [6, 6.07) is 7.93. The second kappa shape index (κ2) is 9.08. The summed E-state index contributed by atoms with van der Waals surface area (Å²) in [5, 5.41) is 11.1. The third-order valence-corrected chi connectivity index (χ3v) is 6.74. The molecule has 0 amide bonds. The molecule has 26 heavy (non-hydrogen) atoms. The normalized spacial score (nSPS) is 29.3. The Labute approximate surface area is 159 Å². The molecule has 0 aliphatic heterocycles. The fraction of sp³-hybridized carbons (Fsp3) is 0.667. The fourth-order valence-electron chi connectivity index (χ4n) is 4.89. The van der Waals surface area contributed by atoms with Crippen LogP contribution < -0.4 is 4.74 Å². The molecule has 0 aromatic heterocycles. The van der Waals surface area contributed by atoms with Crippen LogP contribution in [0.5, 0.6) is 5.75 Å². The van der Waals surface area contributed by atoms with Gasteiger partial charge in [-0.25, -0.2) is 0 Å². The van der Waals surface area contributed by atoms with Gasteiger partial charge in [0, 0.05) is 0 Å². The largest absolute Gasteiger partial charge is 0.497 e. The molecule has 1 unspecified atom stereocenters. The Balaban J connectivity index is 1.53. The van der Waals surface area contributed by atoms with Crippen molar-refractivity contribution in [2.75, 3.05) is 7.11 Å². The van der Waals surface area contributed by atoms with E-state index in [4.69, 9.17) is 4.74 Å². The second-order valence-electron chi connectivity index (χ2n) is 8.46. The molecular formula is C24H36O2. The summed E-state index contributed by atoms with van der Waals surface area (Å²) in [5.41, 5.74) is 1.94. The highest BCUT2D eigenvalue weighted by atomic mass is 16.5. The molecule has 2 aliphatic rings. The average molecular weight is 357 g/mol. The molecule has 1 fully saturated rings. The summed E-state index contributed by atoms with van der Waals surface area (Å²) >= 11 is 0. The van der Waals surface area contributed by atoms with Gasteiger partial charge < -0.3 is 9.84 Å². The predicted octanol–water partition coefficient (Wildman–Crippen LogP) is 6.38. The number of hydrogen-bond acceptors (Lipinski definition) is 2. The van der Waals surface area contributed by atoms with E-state index in [1.165, 1.54) is 51.4 Å². The highest BCUT2D eigenvalue weighted by Crippen LogP contribution is 2.43. The molecule has 2 aliphatic carbocycles. The van der Waals surface area contributed by atoms with Gasteiger partial charge in [-0.05, 0) is 74.5 Å². The molecule has 0 spiro atoms. The van der Waals surface area contributed by atoms with E-state index in [2.05, 4.69) is 13.0 Å². The lowest BCUT2D eigenvalue weighted by Gasteiger charge is -2.36. The first-order valence-corrected chi connectivity index (χ1v) is 10.7. The van der Waals surface area contributed by atoms with Crippen molar-refractivity contribution in [3.05, 3.63) is 41.5 Å². The quantitative estimate of drug-likeness (QED) is 0.454. The van der Waals surface area contributed by atoms with Crippen LogP contribution in [0, 0.1) is 11.8 Å². The third-order valence-electron chi connectivity index (χ3n) is 6.74. The Bertz CT molecular complexity index is 581. The summed E-state index contributed by atoms with van der Waals surface area (Å²) in [6.45, 7) is 2.29. The Morgan fingerprint density at radius 1 is 1.08 bits per heavy atom. The van der Waals surface area contributed by atoms with E-state index in [0.29, 0.717) is 0 Å². The van der Waals surface area contributed by atoms with E-state index in [0.717, 1.165) is 42.4 Å². The number of allylic oxidation sites excluding steroid dienone is 1. The molecule has 1 aromatic carbocycles. The average Bonchev–Trinajstić information content (AvgIpc) is 2.69. The summed E-state index contributed by atoms with van der Waals surface area (Å²) in [5.74, 6) is 2.59. The Morgan fingerprint density at radius 3 is 2.38 bits per heavy atom. The molecule has 2 nitrogen and oxygen atoms in total. The second-order valence-corrected chi connectivity index (χ2v) is 8.46. The standard InChI is InChI=1S/C24H36O2/c1-3-4-5-6-19-7-9-20(10-8-19)21-15-17-24(25,18-16-21)22-11-13-23(26-2)14-12-22/h11-15,19-20,25H,3-10,16-18H2,1-2H3/t19-,20-,24?. The highest BCUT2D eigenvalue weighted by Gasteiger charge is 2.33. The van der Waals surface area contributed by atoms with Crippen LogP contribution >= 0.6 is 0 Å². The van der Waals surface area contributed by atoms with Gasteiger partial charge in [-0.15, -0.1) is 0 Å². The van der Waals surface area contributed by atoms with Gasteiger partial charge in [0.05, 0.1) is 12.7 Å². The number of rotatable bonds is 7. The minimum Gasteiger partial charge on any atom is -0.497 e. The molecule has 1 N–H and O–H groups in total. The van der Waals surface area contributed by atoms with Crippen LogP contribution in [0.3, 0.4) is 0 Å². The fourth-order valence-corrected chi connectivity index (χ4v) is 4.89. The lowest BCUT2D eigenvalue weighted by molar-refractivity contribution is 0.0241. The van der Waals surface area contributed by atoms with Crippen molar-refractivity contribution in [3.8, 4) is 5.75 Å². The number of methoxy groups -OCH3 is 1. The zero-order valence-electron chi connectivity index (χ0n) is 16.7. The van der Waals surface area contributed by atoms with Crippen LogP contribution in [0.1, 0.15) is 83.1 Å². The lowest BCUT2D eigenvalue weighted by atomic mass is 9.71. The van der Waals surface area contributed by atoms with Crippen molar-refractivity contribution < 1.29 is 9.84 Å². The summed E-state index contributed by atoms with van der Waals surface area (Å²) in [4.78, 5) is 0. The minimum atomic E-state index is -0.701. The minimum absolute atomic E-state index is 0.701. The summed E-state index contributed by atoms with van der Waals surface area (Å²) in [7, 11) is 1.68. The first-order valence-electron chi connectivity index (χ1n) is 10.7. The number of benzene rings is 1. The van der Waals surface area contributed by atoms with E-state index in [1.807, 2.05) is 24.3 Å². The van der Waals surface area contributed by atoms with Gasteiger partial charge in [0.15, 0.2) is 0 Å². The highest BCUT2D eigenvalue weighted by molar-refractivity contribution is 5.32. The van der Waals surface area contributed by atoms with Crippen LogP contribution in [-0.4, -0.2) is 12.2 Å². The molecule has 1 atom stereocenters. The van der Waals surface area contributed by atoms with E-state index in [1.54, 1.807) is 12.7 Å². The lowest BCUT2D eigenvalue weighted by Crippen LogP contribution is -2.29. The number of ether oxygens (including phenoxy) is 1. The molecule has 0 heterocycles. The summed E-state index contributed by atoms with van der Waals surface area (Å²) in [6.07, 6.45) is 16.2. The van der Waals surface area contributed by atoms with Gasteiger partial charge >= 0.3 is 0 Å². The zero-order valence-corrected chi connectivity index (χ0v) is 16.7. The number of unbranched alkanes of at least 4 members (excludes halogenated alkanes) is 2. The van der Waals surface area contributed by atoms with Crippen LogP contribution in [0.15, 0.2) is 35.9 Å². The first kappa shape index (κ1) is 19.5. The monoisotopic (exact) mass is 356 g/mol. The zero-order chi connectivity index (χ0) is 18.4. The maximum absolute atomic E-state index is 11.1. The van der Waals surface area contributed by atoms with E-state index < -0.39 is 5.60 Å². The van der Waals surface area contributed by atoms with E-state index >= 15 is 0 Å². The molecule has 0 saturated heterocycles. The molecule has 2 heteroatoms. The Kier molecular flexibility index (Phi) is 6.80. The molecule has 1 aromatic rings. The van der Waals surface area contributed by atoms with Crippen LogP contribution in [0.25, 0.3) is 0 Å². The van der Waals surface area contributed by atoms with Crippen LogP contribution in [0.2, 0.25) is 0 Å². The first-order chi connectivity index (χ1) is 12.6. The molecule has 0 bridgehead atoms. The van der Waals surface area contributed by atoms with Crippen LogP contribution in [0.4, 0.5) is 0 Å². The van der Waals surface area contributed by atoms with E-state index in [-0.39, 0.29) is 0 Å². The van der Waals surface area contributed by atoms with Gasteiger partial charge in [-0.1, -0.05) is 56.4 Å². The smallest absolute Gasteiger partial charge is 0.118 e. The third kappa shape index (κ3) is 4.71. The number of hydrogen-bond donors (Lipinski definition) is 1. The van der Waals surface area contributed by atoms with Crippen molar-refractivity contribution in [2.24, 2.45) is 11.8 Å². The predicted molar refractivity (Wildman–Crippen MR) is 108 cm³/mol. The van der Waals surface area contributed by atoms with Gasteiger partial charge in [0.2, 0.25) is 0 Å². The molecule has 1 saturated carbocycles. The Morgan fingerprint density at radius 2 is 1.81 bits per heavy atom. The van der Waals surface area contributed by atoms with Crippen LogP contribution in [-0.2, 0) is 5.60 Å². The van der Waals surface area contributed by atoms with Crippen molar-refractivity contribution in [3.63, 3.8) is 0 Å². The summed E-state index contributed by atoms with van der Waals surface area (Å²) < 4.78 is 5.23. The van der Waals surface area contributed by atoms with Gasteiger partial charge in [-0.3, -0.25) is 0 Å². The molecule has 144 valence electrons. The maximum atomic E-state index is 11.1. The van der Waals surface area contributed by atoms with E-state index in [9.17, 15) is 5.11 Å². The van der Waals surface area contributed by atoms with Gasteiger partial charge in [-0.2, -0.15) is 0 Å². The SMILES string of the molecule is CCCCC[C@H]1CC[C@H](C2=CCC(O)(c3ccc(OC)cc3)CC2)CC1. The van der Waals surface area contributed by atoms with Crippen molar-refractivity contribution in [2.45, 2.75) is 83.2 Å². The van der Waals surface area contributed by atoms with Crippen molar-refractivity contribution >= 4 is 0 Å². The molecule has 0 radical (unpaired) electrons. The molecule has 3 rings (SSSR count). The van der Waals surface area contributed by atoms with Crippen molar-refractivity contribution in [1.29, 1.82) is 0 Å². The Hall–Kier alpha value is -1.28. The van der Waals surface area contributed by atoms with Gasteiger partial charge in [0.25, 0.3) is 0 Å². The molecular weight excluding hydrogens is 320 g/mol. The topological polar surface area (TPSA) is 29.5 Å². The van der Waals surface area contributed by atoms with Gasteiger partial charge in [0.1, 0.15) is 5.75 Å². The maximum Gasteiger partial charge on any atom is 0.118 e. The number of aliphatic hydroxyl groups is 1. The van der Waals surface area contributed by atoms with Crippen molar-refractivity contribution in [1.82, 2.24) is 0 Å².